The smallest absolute Gasteiger partial charge is 0.0113 e. The quantitative estimate of drug-likeness (QED) is 0.665. The molecule has 1 radical (unpaired) electrons. The van der Waals surface area contributed by atoms with Gasteiger partial charge in [-0.1, -0.05) is 20.3 Å². The molecule has 1 rings (SSSR count). The van der Waals surface area contributed by atoms with Crippen molar-refractivity contribution in [2.75, 3.05) is 32.7 Å². The van der Waals surface area contributed by atoms with E-state index in [1.54, 1.807) is 0 Å². The molecule has 83 valence electrons. The zero-order valence-corrected chi connectivity index (χ0v) is 9.84. The third-order valence-corrected chi connectivity index (χ3v) is 3.09. The largest absolute Gasteiger partial charge is 0.301 e. The van der Waals surface area contributed by atoms with E-state index in [2.05, 4.69) is 30.6 Å². The molecule has 1 atom stereocenters. The molecule has 0 spiro atoms. The van der Waals surface area contributed by atoms with Gasteiger partial charge in [-0.3, -0.25) is 4.90 Å². The molecule has 0 amide bonds. The first kappa shape index (κ1) is 12.0. The van der Waals surface area contributed by atoms with Crippen molar-refractivity contribution in [2.24, 2.45) is 0 Å². The van der Waals surface area contributed by atoms with Gasteiger partial charge in [0.25, 0.3) is 0 Å². The van der Waals surface area contributed by atoms with Crippen LogP contribution in [0.4, 0.5) is 0 Å². The molecular weight excluding hydrogens is 172 g/mol. The predicted octanol–water partition coefficient (Wildman–Crippen LogP) is 2.02. The number of hydrogen-bond acceptors (Lipinski definition) is 2. The van der Waals surface area contributed by atoms with Crippen molar-refractivity contribution < 1.29 is 0 Å². The standard InChI is InChI=1S/C12H25N2/c1-4-6-12(3)14-10-8-13(7-5-2)9-11-14/h12H,3-11H2,1-2H3. The van der Waals surface area contributed by atoms with Gasteiger partial charge in [0, 0.05) is 32.2 Å². The summed E-state index contributed by atoms with van der Waals surface area (Å²) in [5.74, 6) is 0. The highest BCUT2D eigenvalue weighted by molar-refractivity contribution is 4.79. The Morgan fingerprint density at radius 3 is 2.21 bits per heavy atom. The van der Waals surface area contributed by atoms with Crippen molar-refractivity contribution in [1.29, 1.82) is 0 Å². The average molecular weight is 197 g/mol. The number of hydrogen-bond donors (Lipinski definition) is 0. The molecule has 0 aromatic rings. The molecule has 0 saturated carbocycles. The molecule has 1 saturated heterocycles. The maximum atomic E-state index is 4.23. The van der Waals surface area contributed by atoms with Crippen LogP contribution in [0.1, 0.15) is 33.1 Å². The van der Waals surface area contributed by atoms with E-state index in [0.29, 0.717) is 6.04 Å². The van der Waals surface area contributed by atoms with E-state index >= 15 is 0 Å². The van der Waals surface area contributed by atoms with Crippen molar-refractivity contribution in [3.05, 3.63) is 6.92 Å². The molecule has 0 aliphatic carbocycles. The normalized spacial score (nSPS) is 22.5. The monoisotopic (exact) mass is 197 g/mol. The second-order valence-corrected chi connectivity index (χ2v) is 4.32. The lowest BCUT2D eigenvalue weighted by atomic mass is 10.1. The van der Waals surface area contributed by atoms with E-state index in [1.807, 2.05) is 0 Å². The third kappa shape index (κ3) is 3.58. The summed E-state index contributed by atoms with van der Waals surface area (Å²) in [5, 5.41) is 0. The highest BCUT2D eigenvalue weighted by Gasteiger charge is 2.19. The van der Waals surface area contributed by atoms with Gasteiger partial charge in [-0.15, -0.1) is 0 Å². The minimum absolute atomic E-state index is 0.545. The Morgan fingerprint density at radius 2 is 1.71 bits per heavy atom. The number of piperazine rings is 1. The van der Waals surface area contributed by atoms with Gasteiger partial charge in [0.15, 0.2) is 0 Å². The zero-order valence-electron chi connectivity index (χ0n) is 9.84. The molecule has 0 bridgehead atoms. The van der Waals surface area contributed by atoms with Crippen LogP contribution in [-0.4, -0.2) is 48.6 Å². The van der Waals surface area contributed by atoms with Crippen LogP contribution in [0.15, 0.2) is 0 Å². The van der Waals surface area contributed by atoms with Gasteiger partial charge in [-0.05, 0) is 26.3 Å². The fourth-order valence-corrected chi connectivity index (χ4v) is 2.18. The molecule has 14 heavy (non-hydrogen) atoms. The lowest BCUT2D eigenvalue weighted by Gasteiger charge is -2.37. The first-order chi connectivity index (χ1) is 6.77. The van der Waals surface area contributed by atoms with E-state index in [1.165, 1.54) is 52.0 Å². The van der Waals surface area contributed by atoms with Gasteiger partial charge in [-0.25, -0.2) is 0 Å². The molecule has 0 N–H and O–H groups in total. The molecule has 1 fully saturated rings. The summed E-state index contributed by atoms with van der Waals surface area (Å²) < 4.78 is 0. The van der Waals surface area contributed by atoms with Crippen molar-refractivity contribution in [1.82, 2.24) is 9.80 Å². The Morgan fingerprint density at radius 1 is 1.07 bits per heavy atom. The molecule has 1 heterocycles. The fraction of sp³-hybridized carbons (Fsp3) is 0.917. The molecule has 2 heteroatoms. The third-order valence-electron chi connectivity index (χ3n) is 3.09. The Balaban J connectivity index is 2.21. The highest BCUT2D eigenvalue weighted by atomic mass is 15.3. The van der Waals surface area contributed by atoms with Gasteiger partial charge in [0.1, 0.15) is 0 Å². The number of nitrogens with zero attached hydrogens (tertiary/aromatic N) is 2. The minimum Gasteiger partial charge on any atom is -0.301 e. The van der Waals surface area contributed by atoms with Crippen LogP contribution in [0.25, 0.3) is 0 Å². The van der Waals surface area contributed by atoms with Crippen molar-refractivity contribution in [2.45, 2.75) is 39.2 Å². The Hall–Kier alpha value is -0.0800. The second kappa shape index (κ2) is 6.41. The molecular formula is C12H25N2. The summed E-state index contributed by atoms with van der Waals surface area (Å²) in [5.41, 5.74) is 0. The van der Waals surface area contributed by atoms with Crippen LogP contribution < -0.4 is 0 Å². The summed E-state index contributed by atoms with van der Waals surface area (Å²) in [4.78, 5) is 5.10. The van der Waals surface area contributed by atoms with Crippen LogP contribution in [0.2, 0.25) is 0 Å². The van der Waals surface area contributed by atoms with Gasteiger partial charge in [0.2, 0.25) is 0 Å². The predicted molar refractivity (Wildman–Crippen MR) is 62.4 cm³/mol. The van der Waals surface area contributed by atoms with E-state index in [4.69, 9.17) is 0 Å². The summed E-state index contributed by atoms with van der Waals surface area (Å²) in [6.45, 7) is 14.9. The summed E-state index contributed by atoms with van der Waals surface area (Å²) in [7, 11) is 0. The fourth-order valence-electron chi connectivity index (χ4n) is 2.18. The number of rotatable bonds is 5. The Kier molecular flexibility index (Phi) is 5.49. The van der Waals surface area contributed by atoms with E-state index in [-0.39, 0.29) is 0 Å². The van der Waals surface area contributed by atoms with Crippen LogP contribution in [0.3, 0.4) is 0 Å². The zero-order chi connectivity index (χ0) is 10.4. The maximum absolute atomic E-state index is 4.23. The maximum Gasteiger partial charge on any atom is 0.0113 e. The average Bonchev–Trinajstić information content (AvgIpc) is 2.20. The van der Waals surface area contributed by atoms with Crippen LogP contribution in [0.5, 0.6) is 0 Å². The summed E-state index contributed by atoms with van der Waals surface area (Å²) in [6.07, 6.45) is 3.78. The van der Waals surface area contributed by atoms with E-state index in [0.717, 1.165) is 0 Å². The van der Waals surface area contributed by atoms with Crippen LogP contribution in [-0.2, 0) is 0 Å². The minimum atomic E-state index is 0.545. The molecule has 0 aromatic heterocycles. The SMILES string of the molecule is [CH2]C(CCC)N1CCN(CCC)CC1. The van der Waals surface area contributed by atoms with Crippen molar-refractivity contribution in [3.8, 4) is 0 Å². The van der Waals surface area contributed by atoms with Crippen molar-refractivity contribution in [3.63, 3.8) is 0 Å². The van der Waals surface area contributed by atoms with E-state index in [9.17, 15) is 0 Å². The van der Waals surface area contributed by atoms with Crippen molar-refractivity contribution >= 4 is 0 Å². The highest BCUT2D eigenvalue weighted by Crippen LogP contribution is 2.10. The summed E-state index contributed by atoms with van der Waals surface area (Å²) >= 11 is 0. The van der Waals surface area contributed by atoms with Gasteiger partial charge in [-0.2, -0.15) is 0 Å². The summed E-state index contributed by atoms with van der Waals surface area (Å²) in [6, 6.07) is 0.545. The molecule has 1 aliphatic rings. The topological polar surface area (TPSA) is 6.48 Å². The lowest BCUT2D eigenvalue weighted by molar-refractivity contribution is 0.107. The van der Waals surface area contributed by atoms with E-state index < -0.39 is 0 Å². The Bertz CT molecular complexity index is 139. The molecule has 1 aliphatic heterocycles. The van der Waals surface area contributed by atoms with Crippen LogP contribution in [0, 0.1) is 6.92 Å². The van der Waals surface area contributed by atoms with Crippen LogP contribution >= 0.6 is 0 Å². The van der Waals surface area contributed by atoms with Gasteiger partial charge in [0.05, 0.1) is 0 Å². The van der Waals surface area contributed by atoms with Gasteiger partial charge >= 0.3 is 0 Å². The molecule has 0 aromatic carbocycles. The van der Waals surface area contributed by atoms with Gasteiger partial charge < -0.3 is 4.90 Å². The molecule has 2 nitrogen and oxygen atoms in total. The first-order valence-corrected chi connectivity index (χ1v) is 6.07. The molecule has 1 unspecified atom stereocenters. The first-order valence-electron chi connectivity index (χ1n) is 6.07. The Labute approximate surface area is 89.3 Å². The second-order valence-electron chi connectivity index (χ2n) is 4.32. The lowest BCUT2D eigenvalue weighted by Crippen LogP contribution is -2.49.